The van der Waals surface area contributed by atoms with Crippen LogP contribution < -0.4 is 21.5 Å². The molecule has 10 nitrogen and oxygen atoms in total. The molecule has 0 saturated heterocycles. The van der Waals surface area contributed by atoms with Gasteiger partial charge in [0.05, 0.1) is 16.8 Å². The van der Waals surface area contributed by atoms with Crippen molar-refractivity contribution in [3.8, 4) is 0 Å². The molecular formula is C18H18BrClN8O2S. The van der Waals surface area contributed by atoms with Gasteiger partial charge in [-0.05, 0) is 48.5 Å². The molecule has 0 aliphatic rings. The van der Waals surface area contributed by atoms with Gasteiger partial charge >= 0.3 is 0 Å². The van der Waals surface area contributed by atoms with Gasteiger partial charge in [-0.25, -0.2) is 18.4 Å². The van der Waals surface area contributed by atoms with Crippen LogP contribution in [0.15, 0.2) is 86.5 Å². The van der Waals surface area contributed by atoms with Crippen LogP contribution in [0.25, 0.3) is 0 Å². The summed E-state index contributed by atoms with van der Waals surface area (Å²) in [6.45, 7) is 0. The molecule has 13 heteroatoms. The van der Waals surface area contributed by atoms with E-state index in [9.17, 15) is 8.42 Å². The highest BCUT2D eigenvalue weighted by molar-refractivity contribution is 9.10. The molecule has 1 aromatic heterocycles. The lowest BCUT2D eigenvalue weighted by molar-refractivity contribution is 0.601. The summed E-state index contributed by atoms with van der Waals surface area (Å²) in [4.78, 5) is 15.8. The molecule has 0 radical (unpaired) electrons. The Kier molecular flexibility index (Phi) is 8.30. The number of hydrogen-bond acceptors (Lipinski definition) is 5. The summed E-state index contributed by atoms with van der Waals surface area (Å²) >= 11 is 3.35. The molecule has 162 valence electrons. The number of nitrogens with one attached hydrogen (secondary N) is 2. The smallest absolute Gasteiger partial charge is 0.263 e. The molecule has 0 amide bonds. The second-order valence-corrected chi connectivity index (χ2v) is 8.39. The van der Waals surface area contributed by atoms with Crippen molar-refractivity contribution < 1.29 is 8.42 Å². The number of nitrogens with two attached hydrogens (primary N) is 2. The third kappa shape index (κ3) is 7.20. The van der Waals surface area contributed by atoms with Crippen molar-refractivity contribution >= 4 is 67.5 Å². The largest absolute Gasteiger partial charge is 0.369 e. The lowest BCUT2D eigenvalue weighted by atomic mass is 10.3. The first-order valence-electron chi connectivity index (χ1n) is 8.42. The monoisotopic (exact) mass is 524 g/mol. The summed E-state index contributed by atoms with van der Waals surface area (Å²) in [5.41, 5.74) is 12.8. The fourth-order valence-electron chi connectivity index (χ4n) is 2.24. The summed E-state index contributed by atoms with van der Waals surface area (Å²) < 4.78 is 28.0. The van der Waals surface area contributed by atoms with Gasteiger partial charge in [0.15, 0.2) is 5.82 Å². The Morgan fingerprint density at radius 3 is 2.29 bits per heavy atom. The highest BCUT2D eigenvalue weighted by atomic mass is 79.9. The summed E-state index contributed by atoms with van der Waals surface area (Å²) in [7, 11) is -3.81. The van der Waals surface area contributed by atoms with E-state index in [1.165, 1.54) is 42.9 Å². The van der Waals surface area contributed by atoms with Crippen molar-refractivity contribution in [2.75, 3.05) is 10.0 Å². The molecule has 3 rings (SSSR count). The molecule has 6 N–H and O–H groups in total. The Balaban J connectivity index is 0.00000341. The van der Waals surface area contributed by atoms with Crippen LogP contribution in [0.1, 0.15) is 0 Å². The van der Waals surface area contributed by atoms with Crippen LogP contribution in [0.4, 0.5) is 17.2 Å². The lowest BCUT2D eigenvalue weighted by Gasteiger charge is -2.07. The molecule has 0 atom stereocenters. The molecule has 0 saturated carbocycles. The minimum Gasteiger partial charge on any atom is -0.369 e. The summed E-state index contributed by atoms with van der Waals surface area (Å²) in [6, 6.07) is 13.1. The molecule has 0 bridgehead atoms. The zero-order valence-corrected chi connectivity index (χ0v) is 19.0. The van der Waals surface area contributed by atoms with Gasteiger partial charge in [0.1, 0.15) is 0 Å². The van der Waals surface area contributed by atoms with Crippen LogP contribution in [-0.4, -0.2) is 30.3 Å². The van der Waals surface area contributed by atoms with Crippen LogP contribution in [0, 0.1) is 0 Å². The topological polar surface area (TPSA) is 161 Å². The molecular weight excluding hydrogens is 508 g/mol. The molecule has 0 unspecified atom stereocenters. The fourth-order valence-corrected chi connectivity index (χ4v) is 3.50. The van der Waals surface area contributed by atoms with Gasteiger partial charge in [-0.1, -0.05) is 15.9 Å². The van der Waals surface area contributed by atoms with E-state index in [0.717, 1.165) is 10.2 Å². The van der Waals surface area contributed by atoms with Crippen LogP contribution in [0.5, 0.6) is 0 Å². The average molecular weight is 526 g/mol. The quantitative estimate of drug-likeness (QED) is 0.294. The summed E-state index contributed by atoms with van der Waals surface area (Å²) in [5, 5.41) is 2.89. The first-order chi connectivity index (χ1) is 14.3. The number of aromatic nitrogens is 2. The van der Waals surface area contributed by atoms with Gasteiger partial charge in [-0.3, -0.25) is 9.71 Å². The zero-order chi connectivity index (χ0) is 21.6. The zero-order valence-electron chi connectivity index (χ0n) is 15.8. The van der Waals surface area contributed by atoms with E-state index in [4.69, 9.17) is 11.5 Å². The maximum atomic E-state index is 12.4. The number of rotatable bonds is 5. The van der Waals surface area contributed by atoms with Crippen molar-refractivity contribution in [1.82, 2.24) is 9.97 Å². The predicted octanol–water partition coefficient (Wildman–Crippen LogP) is 2.83. The average Bonchev–Trinajstić information content (AvgIpc) is 2.70. The maximum Gasteiger partial charge on any atom is 0.263 e. The number of benzene rings is 2. The van der Waals surface area contributed by atoms with E-state index in [1.807, 2.05) is 24.3 Å². The number of anilines is 2. The minimum absolute atomic E-state index is 0. The molecule has 0 spiro atoms. The van der Waals surface area contributed by atoms with E-state index < -0.39 is 10.0 Å². The number of hydrogen-bond donors (Lipinski definition) is 4. The molecule has 2 aromatic carbocycles. The molecule has 0 aliphatic heterocycles. The van der Waals surface area contributed by atoms with Gasteiger partial charge in [0.2, 0.25) is 11.9 Å². The standard InChI is InChI=1S/C18H17BrN8O2S.ClH/c19-12-1-3-13(4-2-12)24-17(20)26-18(21)25-14-5-7-15(8-6-14)30(28,29)27-16-11-22-9-10-23-16;/h1-11H,(H,23,27)(H5,20,21,24,25,26);1H. The van der Waals surface area contributed by atoms with E-state index in [0.29, 0.717) is 5.69 Å². The molecule has 0 aliphatic carbocycles. The first kappa shape index (κ1) is 24.1. The maximum absolute atomic E-state index is 12.4. The Morgan fingerprint density at radius 2 is 1.68 bits per heavy atom. The van der Waals surface area contributed by atoms with Crippen LogP contribution in [0.2, 0.25) is 0 Å². The first-order valence-corrected chi connectivity index (χ1v) is 10.7. The third-order valence-corrected chi connectivity index (χ3v) is 5.44. The van der Waals surface area contributed by atoms with Crippen LogP contribution >= 0.6 is 28.3 Å². The van der Waals surface area contributed by atoms with Gasteiger partial charge in [0.25, 0.3) is 10.0 Å². The van der Waals surface area contributed by atoms with E-state index in [-0.39, 0.29) is 35.0 Å². The third-order valence-electron chi connectivity index (χ3n) is 3.54. The SMILES string of the molecule is Cl.NC(=Nc1ccc(S(=O)(=O)Nc2cnccn2)cc1)/N=C(\N)Nc1ccc(Br)cc1. The number of nitrogens with zero attached hydrogens (tertiary/aromatic N) is 4. The fraction of sp³-hybridized carbons (Fsp3) is 0. The van der Waals surface area contributed by atoms with Crippen molar-refractivity contribution in [3.63, 3.8) is 0 Å². The van der Waals surface area contributed by atoms with Crippen molar-refractivity contribution in [2.45, 2.75) is 4.90 Å². The van der Waals surface area contributed by atoms with Crippen molar-refractivity contribution in [2.24, 2.45) is 21.5 Å². The number of aliphatic imine (C=N–C) groups is 2. The molecule has 3 aromatic rings. The van der Waals surface area contributed by atoms with Crippen molar-refractivity contribution in [3.05, 3.63) is 71.6 Å². The van der Waals surface area contributed by atoms with Crippen LogP contribution in [0.3, 0.4) is 0 Å². The molecule has 1 heterocycles. The summed E-state index contributed by atoms with van der Waals surface area (Å²) in [5.74, 6) is 0.0864. The predicted molar refractivity (Wildman–Crippen MR) is 127 cm³/mol. The van der Waals surface area contributed by atoms with Gasteiger partial charge in [-0.15, -0.1) is 12.4 Å². The second-order valence-electron chi connectivity index (χ2n) is 5.79. The highest BCUT2D eigenvalue weighted by Crippen LogP contribution is 2.19. The van der Waals surface area contributed by atoms with E-state index in [1.54, 1.807) is 0 Å². The minimum atomic E-state index is -3.81. The molecule has 0 fully saturated rings. The number of sulfonamides is 1. The van der Waals surface area contributed by atoms with Crippen molar-refractivity contribution in [1.29, 1.82) is 0 Å². The Bertz CT molecular complexity index is 1170. The van der Waals surface area contributed by atoms with Gasteiger partial charge in [-0.2, -0.15) is 4.99 Å². The molecule has 31 heavy (non-hydrogen) atoms. The highest BCUT2D eigenvalue weighted by Gasteiger charge is 2.14. The Labute approximate surface area is 193 Å². The van der Waals surface area contributed by atoms with E-state index in [2.05, 4.69) is 45.9 Å². The number of guanidine groups is 2. The Hall–Kier alpha value is -3.22. The summed E-state index contributed by atoms with van der Waals surface area (Å²) in [6.07, 6.45) is 4.14. The van der Waals surface area contributed by atoms with Crippen LogP contribution in [-0.2, 0) is 10.0 Å². The second kappa shape index (κ2) is 10.7. The van der Waals surface area contributed by atoms with Gasteiger partial charge < -0.3 is 16.8 Å². The van der Waals surface area contributed by atoms with Gasteiger partial charge in [0, 0.05) is 22.6 Å². The van der Waals surface area contributed by atoms with E-state index >= 15 is 0 Å². The Morgan fingerprint density at radius 1 is 1.00 bits per heavy atom. The normalized spacial score (nSPS) is 12.0. The number of halogens is 2. The lowest BCUT2D eigenvalue weighted by Crippen LogP contribution is -2.26.